The van der Waals surface area contributed by atoms with Gasteiger partial charge in [0.2, 0.25) is 11.6 Å². The van der Waals surface area contributed by atoms with E-state index in [1.807, 2.05) is 0 Å². The van der Waals surface area contributed by atoms with Crippen LogP contribution in [0, 0.1) is 0 Å². The molecule has 1 atom stereocenters. The quantitative estimate of drug-likeness (QED) is 0.635. The Kier molecular flexibility index (Phi) is 3.58. The van der Waals surface area contributed by atoms with Crippen LogP contribution in [-0.2, 0) is 4.74 Å². The lowest BCUT2D eigenvalue weighted by Crippen LogP contribution is -2.22. The van der Waals surface area contributed by atoms with E-state index in [1.165, 1.54) is 6.26 Å². The molecule has 2 aliphatic rings. The molecule has 25 heavy (non-hydrogen) atoms. The van der Waals surface area contributed by atoms with Crippen LogP contribution in [0.2, 0.25) is 0 Å². The molecule has 0 spiro atoms. The molecule has 4 rings (SSSR count). The molecule has 0 radical (unpaired) electrons. The second kappa shape index (κ2) is 5.79. The highest BCUT2D eigenvalue weighted by atomic mass is 16.5. The lowest BCUT2D eigenvalue weighted by molar-refractivity contribution is 0.0813. The van der Waals surface area contributed by atoms with Crippen LogP contribution >= 0.6 is 0 Å². The van der Waals surface area contributed by atoms with E-state index in [-0.39, 0.29) is 28.8 Å². The smallest absolute Gasteiger partial charge is 0.238 e. The molecule has 0 N–H and O–H groups in total. The van der Waals surface area contributed by atoms with E-state index in [0.717, 1.165) is 0 Å². The van der Waals surface area contributed by atoms with Gasteiger partial charge in [0.25, 0.3) is 0 Å². The molecular weight excluding hydrogens is 320 g/mol. The summed E-state index contributed by atoms with van der Waals surface area (Å²) in [4.78, 5) is 37.7. The van der Waals surface area contributed by atoms with Gasteiger partial charge in [0.15, 0.2) is 5.78 Å². The third kappa shape index (κ3) is 2.32. The highest BCUT2D eigenvalue weighted by Crippen LogP contribution is 2.37. The van der Waals surface area contributed by atoms with Gasteiger partial charge in [-0.05, 0) is 6.42 Å². The number of Topliss-reactive ketones (excluding diaryl/α,β-unsaturated/α-hetero) is 3. The second-order valence-corrected chi connectivity index (χ2v) is 5.91. The maximum absolute atomic E-state index is 12.8. The molecule has 0 saturated carbocycles. The van der Waals surface area contributed by atoms with Crippen molar-refractivity contribution in [3.8, 4) is 11.3 Å². The number of hydrogen-bond donors (Lipinski definition) is 0. The summed E-state index contributed by atoms with van der Waals surface area (Å²) >= 11 is 0. The Balaban J connectivity index is 1.79. The monoisotopic (exact) mass is 334 g/mol. The normalized spacial score (nSPS) is 18.6. The predicted molar refractivity (Wildman–Crippen MR) is 89.8 cm³/mol. The first-order chi connectivity index (χ1) is 12.1. The third-order valence-electron chi connectivity index (χ3n) is 4.51. The molecule has 1 unspecified atom stereocenters. The molecule has 1 heterocycles. The molecule has 2 aromatic rings. The lowest BCUT2D eigenvalue weighted by Gasteiger charge is -2.15. The molecule has 5 nitrogen and oxygen atoms in total. The van der Waals surface area contributed by atoms with E-state index >= 15 is 0 Å². The fourth-order valence-corrected chi connectivity index (χ4v) is 3.16. The number of ether oxygens (including phenoxy) is 1. The van der Waals surface area contributed by atoms with Crippen molar-refractivity contribution >= 4 is 17.3 Å². The van der Waals surface area contributed by atoms with E-state index in [0.29, 0.717) is 23.1 Å². The Bertz CT molecular complexity index is 974. The number of ketones is 3. The number of carbonyl (C=O) groups excluding carboxylic acids is 3. The number of fused-ring (bicyclic) bond motifs is 3. The first-order valence-electron chi connectivity index (χ1n) is 7.87. The Morgan fingerprint density at radius 2 is 1.92 bits per heavy atom. The largest absolute Gasteiger partial charge is 0.463 e. The van der Waals surface area contributed by atoms with Gasteiger partial charge in [-0.25, -0.2) is 0 Å². The molecule has 1 aromatic carbocycles. The second-order valence-electron chi connectivity index (χ2n) is 5.91. The van der Waals surface area contributed by atoms with Crippen molar-refractivity contribution in [2.45, 2.75) is 12.5 Å². The van der Waals surface area contributed by atoms with Crippen molar-refractivity contribution in [3.05, 3.63) is 71.0 Å². The molecular formula is C20H14O5. The molecule has 5 heteroatoms. The van der Waals surface area contributed by atoms with Gasteiger partial charge < -0.3 is 9.15 Å². The van der Waals surface area contributed by atoms with E-state index in [4.69, 9.17) is 9.15 Å². The van der Waals surface area contributed by atoms with Crippen LogP contribution in [0.25, 0.3) is 11.3 Å². The molecule has 0 saturated heterocycles. The summed E-state index contributed by atoms with van der Waals surface area (Å²) in [5.41, 5.74) is 1.46. The van der Waals surface area contributed by atoms with E-state index < -0.39 is 11.6 Å². The van der Waals surface area contributed by atoms with Gasteiger partial charge in [-0.1, -0.05) is 42.5 Å². The van der Waals surface area contributed by atoms with E-state index in [2.05, 4.69) is 0 Å². The average molecular weight is 334 g/mol. The summed E-state index contributed by atoms with van der Waals surface area (Å²) in [6.07, 6.45) is 7.00. The molecule has 124 valence electrons. The highest BCUT2D eigenvalue weighted by Gasteiger charge is 2.37. The van der Waals surface area contributed by atoms with Crippen molar-refractivity contribution in [3.63, 3.8) is 0 Å². The molecule has 0 fully saturated rings. The van der Waals surface area contributed by atoms with Crippen molar-refractivity contribution in [2.24, 2.45) is 0 Å². The molecule has 2 aliphatic carbocycles. The van der Waals surface area contributed by atoms with Gasteiger partial charge in [-0.15, -0.1) is 0 Å². The van der Waals surface area contributed by atoms with Crippen LogP contribution in [0.4, 0.5) is 0 Å². The average Bonchev–Trinajstić information content (AvgIpc) is 3.11. The van der Waals surface area contributed by atoms with E-state index in [9.17, 15) is 14.4 Å². The standard InChI is InChI=1S/C20H14O5/c1-24-12-8-6-11(7-9-12)17(21)15-10-25-20-14-5-3-2-4-13(14)18(22)19(23)16(15)20/h2-8,10,12H,9H2,1H3. The Labute approximate surface area is 143 Å². The molecule has 0 bridgehead atoms. The van der Waals surface area contributed by atoms with Gasteiger partial charge in [-0.2, -0.15) is 0 Å². The van der Waals surface area contributed by atoms with Crippen LogP contribution in [0.15, 0.2) is 58.7 Å². The maximum Gasteiger partial charge on any atom is 0.238 e. The van der Waals surface area contributed by atoms with Crippen molar-refractivity contribution in [1.29, 1.82) is 0 Å². The highest BCUT2D eigenvalue weighted by molar-refractivity contribution is 6.53. The predicted octanol–water partition coefficient (Wildman–Crippen LogP) is 3.41. The van der Waals surface area contributed by atoms with Crippen LogP contribution < -0.4 is 0 Å². The van der Waals surface area contributed by atoms with Crippen LogP contribution in [0.3, 0.4) is 0 Å². The fraction of sp³-hybridized carbons (Fsp3) is 0.150. The zero-order valence-corrected chi connectivity index (χ0v) is 13.4. The SMILES string of the molecule is COC1C=CC(C(=O)c2coc3c2C(=O)C(=O)c2ccccc2-3)=CC1. The lowest BCUT2D eigenvalue weighted by atomic mass is 9.85. The summed E-state index contributed by atoms with van der Waals surface area (Å²) < 4.78 is 10.7. The van der Waals surface area contributed by atoms with Gasteiger partial charge in [0.1, 0.15) is 12.0 Å². The Hall–Kier alpha value is -3.05. The Morgan fingerprint density at radius 1 is 1.16 bits per heavy atom. The van der Waals surface area contributed by atoms with Gasteiger partial charge in [0.05, 0.1) is 17.2 Å². The van der Waals surface area contributed by atoms with Gasteiger partial charge in [-0.3, -0.25) is 14.4 Å². The van der Waals surface area contributed by atoms with Gasteiger partial charge >= 0.3 is 0 Å². The summed E-state index contributed by atoms with van der Waals surface area (Å²) in [7, 11) is 1.60. The first kappa shape index (κ1) is 15.5. The molecule has 1 aromatic heterocycles. The summed E-state index contributed by atoms with van der Waals surface area (Å²) in [6.45, 7) is 0. The minimum Gasteiger partial charge on any atom is -0.463 e. The van der Waals surface area contributed by atoms with Crippen LogP contribution in [-0.4, -0.2) is 30.6 Å². The zero-order chi connectivity index (χ0) is 17.6. The molecule has 0 amide bonds. The van der Waals surface area contributed by atoms with Crippen molar-refractivity contribution < 1.29 is 23.5 Å². The minimum atomic E-state index is -0.707. The number of rotatable bonds is 3. The van der Waals surface area contributed by atoms with Crippen molar-refractivity contribution in [1.82, 2.24) is 0 Å². The number of furan rings is 1. The van der Waals surface area contributed by atoms with Crippen molar-refractivity contribution in [2.75, 3.05) is 7.11 Å². The third-order valence-corrected chi connectivity index (χ3v) is 4.51. The maximum atomic E-state index is 12.8. The van der Waals surface area contributed by atoms with Crippen LogP contribution in [0.1, 0.15) is 37.5 Å². The summed E-state index contributed by atoms with van der Waals surface area (Å²) in [5, 5.41) is 0. The molecule has 0 aliphatic heterocycles. The number of allylic oxidation sites excluding steroid dienone is 2. The fourth-order valence-electron chi connectivity index (χ4n) is 3.16. The topological polar surface area (TPSA) is 73.6 Å². The summed E-state index contributed by atoms with van der Waals surface area (Å²) in [5.74, 6) is -1.39. The Morgan fingerprint density at radius 3 is 2.60 bits per heavy atom. The van der Waals surface area contributed by atoms with E-state index in [1.54, 1.807) is 49.6 Å². The first-order valence-corrected chi connectivity index (χ1v) is 7.87. The number of benzene rings is 1. The zero-order valence-electron chi connectivity index (χ0n) is 13.4. The summed E-state index contributed by atoms with van der Waals surface area (Å²) in [6, 6.07) is 6.74. The number of hydrogen-bond acceptors (Lipinski definition) is 5. The number of carbonyl (C=O) groups is 3. The van der Waals surface area contributed by atoms with Gasteiger partial charge in [0, 0.05) is 23.8 Å². The van der Waals surface area contributed by atoms with Crippen LogP contribution in [0.5, 0.6) is 0 Å². The minimum absolute atomic E-state index is 0.0527. The number of methoxy groups -OCH3 is 1.